The van der Waals surface area contributed by atoms with Crippen LogP contribution in [0.5, 0.6) is 0 Å². The summed E-state index contributed by atoms with van der Waals surface area (Å²) in [7, 11) is -3.34. The van der Waals surface area contributed by atoms with Gasteiger partial charge in [-0.15, -0.1) is 0 Å². The van der Waals surface area contributed by atoms with E-state index in [4.69, 9.17) is 14.7 Å². The Morgan fingerprint density at radius 2 is 2.10 bits per heavy atom. The second-order valence-electron chi connectivity index (χ2n) is 8.84. The molecule has 1 aliphatic carbocycles. The Bertz CT molecular complexity index is 1180. The van der Waals surface area contributed by atoms with Crippen molar-refractivity contribution in [1.82, 2.24) is 9.97 Å². The molecule has 5 rings (SSSR count). The number of nitrogens with zero attached hydrogens (tertiary/aromatic N) is 3. The van der Waals surface area contributed by atoms with E-state index in [1.54, 1.807) is 6.92 Å². The molecule has 3 heterocycles. The fourth-order valence-electron chi connectivity index (χ4n) is 4.84. The number of anilines is 1. The van der Waals surface area contributed by atoms with Crippen LogP contribution in [0.15, 0.2) is 24.3 Å². The summed E-state index contributed by atoms with van der Waals surface area (Å²) in [4.78, 5) is 11.7. The van der Waals surface area contributed by atoms with Gasteiger partial charge in [-0.1, -0.05) is 12.2 Å². The Morgan fingerprint density at radius 1 is 1.26 bits per heavy atom. The standard InChI is InChI=1S/C23H26FN3O3S/c1-15-14-30-9-8-27(15)21-13-20(23(2)7-4-10-31(23,28)29)25-22(26-21)19-12-17(24)11-16-5-3-6-18(16)19/h3,6,11-13,15H,4-5,7-10,14H2,1-2H3/t15-,23+/m1/s1. The first kappa shape index (κ1) is 20.6. The van der Waals surface area contributed by atoms with Crippen molar-refractivity contribution in [3.8, 4) is 11.4 Å². The van der Waals surface area contributed by atoms with Gasteiger partial charge in [-0.3, -0.25) is 0 Å². The molecule has 2 aliphatic heterocycles. The first-order valence-electron chi connectivity index (χ1n) is 10.7. The number of benzene rings is 1. The van der Waals surface area contributed by atoms with Crippen molar-refractivity contribution < 1.29 is 17.5 Å². The molecule has 2 aromatic rings. The summed E-state index contributed by atoms with van der Waals surface area (Å²) in [6, 6.07) is 4.89. The zero-order valence-corrected chi connectivity index (χ0v) is 18.6. The molecule has 0 radical (unpaired) electrons. The maximum Gasteiger partial charge on any atom is 0.162 e. The molecule has 164 valence electrons. The highest BCUT2D eigenvalue weighted by Gasteiger charge is 2.47. The average molecular weight is 444 g/mol. The van der Waals surface area contributed by atoms with Crippen LogP contribution in [0.3, 0.4) is 0 Å². The van der Waals surface area contributed by atoms with Gasteiger partial charge in [0.1, 0.15) is 16.4 Å². The fraction of sp³-hybridized carbons (Fsp3) is 0.478. The van der Waals surface area contributed by atoms with Crippen molar-refractivity contribution in [2.24, 2.45) is 0 Å². The van der Waals surface area contributed by atoms with Crippen molar-refractivity contribution in [2.75, 3.05) is 30.4 Å². The minimum Gasteiger partial charge on any atom is -0.377 e. The lowest BCUT2D eigenvalue weighted by atomic mass is 9.99. The molecule has 0 bridgehead atoms. The molecule has 0 saturated carbocycles. The summed E-state index contributed by atoms with van der Waals surface area (Å²) in [5.74, 6) is 0.855. The Morgan fingerprint density at radius 3 is 2.84 bits per heavy atom. The van der Waals surface area contributed by atoms with Crippen LogP contribution in [0.2, 0.25) is 0 Å². The van der Waals surface area contributed by atoms with Gasteiger partial charge in [0, 0.05) is 18.2 Å². The van der Waals surface area contributed by atoms with Crippen molar-refractivity contribution in [2.45, 2.75) is 43.9 Å². The third kappa shape index (κ3) is 3.36. The first-order valence-corrected chi connectivity index (χ1v) is 12.4. The van der Waals surface area contributed by atoms with Crippen molar-refractivity contribution in [3.63, 3.8) is 0 Å². The van der Waals surface area contributed by atoms with Crippen LogP contribution in [0.4, 0.5) is 10.2 Å². The quantitative estimate of drug-likeness (QED) is 0.723. The van der Waals surface area contributed by atoms with Crippen molar-refractivity contribution in [1.29, 1.82) is 0 Å². The van der Waals surface area contributed by atoms with Gasteiger partial charge in [0.05, 0.1) is 30.7 Å². The van der Waals surface area contributed by atoms with Gasteiger partial charge in [0.25, 0.3) is 0 Å². The van der Waals surface area contributed by atoms with E-state index in [0.29, 0.717) is 61.9 Å². The highest BCUT2D eigenvalue weighted by atomic mass is 32.2. The van der Waals surface area contributed by atoms with E-state index in [1.807, 2.05) is 18.2 Å². The summed E-state index contributed by atoms with van der Waals surface area (Å²) in [5.41, 5.74) is 2.89. The molecule has 2 fully saturated rings. The molecule has 3 aliphatic rings. The smallest absolute Gasteiger partial charge is 0.162 e. The lowest BCUT2D eigenvalue weighted by molar-refractivity contribution is 0.0985. The van der Waals surface area contributed by atoms with E-state index in [1.165, 1.54) is 12.1 Å². The van der Waals surface area contributed by atoms with Crippen LogP contribution in [0.25, 0.3) is 17.5 Å². The molecular formula is C23H26FN3O3S. The molecule has 1 aromatic carbocycles. The van der Waals surface area contributed by atoms with Gasteiger partial charge in [-0.25, -0.2) is 22.8 Å². The minimum atomic E-state index is -3.34. The maximum atomic E-state index is 14.4. The molecule has 0 N–H and O–H groups in total. The number of rotatable bonds is 3. The highest BCUT2D eigenvalue weighted by Crippen LogP contribution is 2.42. The van der Waals surface area contributed by atoms with Crippen LogP contribution in [-0.4, -0.2) is 49.9 Å². The van der Waals surface area contributed by atoms with Gasteiger partial charge in [0.2, 0.25) is 0 Å². The predicted octanol–water partition coefficient (Wildman–Crippen LogP) is 3.50. The molecule has 31 heavy (non-hydrogen) atoms. The summed E-state index contributed by atoms with van der Waals surface area (Å²) >= 11 is 0. The Hall–Kier alpha value is -2.32. The van der Waals surface area contributed by atoms with Gasteiger partial charge in [0.15, 0.2) is 15.7 Å². The average Bonchev–Trinajstić information content (AvgIpc) is 3.31. The monoisotopic (exact) mass is 443 g/mol. The first-order chi connectivity index (χ1) is 14.8. The number of hydrogen-bond acceptors (Lipinski definition) is 6. The molecule has 2 atom stereocenters. The van der Waals surface area contributed by atoms with Gasteiger partial charge in [-0.2, -0.15) is 0 Å². The summed E-state index contributed by atoms with van der Waals surface area (Å²) in [6.07, 6.45) is 5.75. The number of ether oxygens (including phenoxy) is 1. The summed E-state index contributed by atoms with van der Waals surface area (Å²) < 4.78 is 44.8. The normalized spacial score (nSPS) is 26.9. The lowest BCUT2D eigenvalue weighted by Gasteiger charge is -2.35. The number of halogens is 1. The SMILES string of the molecule is C[C@@H]1COCCN1c1cc([C@]2(C)CCCS2(=O)=O)nc(-c2cc(F)cc3c2C=CC3)n1. The fourth-order valence-corrected chi connectivity index (χ4v) is 6.69. The van der Waals surface area contributed by atoms with E-state index in [0.717, 1.165) is 11.1 Å². The third-order valence-electron chi connectivity index (χ3n) is 6.76. The third-order valence-corrected chi connectivity index (χ3v) is 9.38. The number of fused-ring (bicyclic) bond motifs is 1. The van der Waals surface area contributed by atoms with Crippen LogP contribution in [-0.2, 0) is 25.7 Å². The molecule has 1 aromatic heterocycles. The van der Waals surface area contributed by atoms with Crippen LogP contribution in [0.1, 0.15) is 43.5 Å². The molecule has 0 amide bonds. The van der Waals surface area contributed by atoms with E-state index in [-0.39, 0.29) is 17.6 Å². The van der Waals surface area contributed by atoms with Gasteiger partial charge < -0.3 is 9.64 Å². The van der Waals surface area contributed by atoms with E-state index in [2.05, 4.69) is 11.8 Å². The van der Waals surface area contributed by atoms with Crippen LogP contribution in [0, 0.1) is 5.82 Å². The molecule has 0 unspecified atom stereocenters. The van der Waals surface area contributed by atoms with Crippen molar-refractivity contribution >= 4 is 21.7 Å². The zero-order valence-electron chi connectivity index (χ0n) is 17.8. The van der Waals surface area contributed by atoms with Crippen LogP contribution < -0.4 is 4.90 Å². The number of sulfone groups is 1. The largest absolute Gasteiger partial charge is 0.377 e. The van der Waals surface area contributed by atoms with E-state index < -0.39 is 14.6 Å². The summed E-state index contributed by atoms with van der Waals surface area (Å²) in [6.45, 7) is 5.61. The molecule has 2 saturated heterocycles. The van der Waals surface area contributed by atoms with Crippen molar-refractivity contribution in [3.05, 3.63) is 46.9 Å². The number of morpholine rings is 1. The Labute approximate surface area is 182 Å². The lowest BCUT2D eigenvalue weighted by Crippen LogP contribution is -2.44. The topological polar surface area (TPSA) is 72.4 Å². The maximum absolute atomic E-state index is 14.4. The number of aromatic nitrogens is 2. The van der Waals surface area contributed by atoms with E-state index >= 15 is 0 Å². The Kier molecular flexibility index (Phi) is 4.90. The Balaban J connectivity index is 1.73. The predicted molar refractivity (Wildman–Crippen MR) is 118 cm³/mol. The zero-order chi connectivity index (χ0) is 21.8. The second kappa shape index (κ2) is 7.38. The second-order valence-corrected chi connectivity index (χ2v) is 11.4. The molecule has 0 spiro atoms. The summed E-state index contributed by atoms with van der Waals surface area (Å²) in [5, 5.41) is 0. The highest BCUT2D eigenvalue weighted by molar-refractivity contribution is 7.92. The number of allylic oxidation sites excluding steroid dienone is 1. The van der Waals surface area contributed by atoms with E-state index in [9.17, 15) is 12.8 Å². The van der Waals surface area contributed by atoms with Crippen LogP contribution >= 0.6 is 0 Å². The molecular weight excluding hydrogens is 417 g/mol. The van der Waals surface area contributed by atoms with Gasteiger partial charge in [-0.05, 0) is 56.4 Å². The van der Waals surface area contributed by atoms with Gasteiger partial charge >= 0.3 is 0 Å². The molecule has 8 heteroatoms. The minimum absolute atomic E-state index is 0.0930. The number of hydrogen-bond donors (Lipinski definition) is 0. The molecule has 6 nitrogen and oxygen atoms in total.